The maximum atomic E-state index is 11.1. The van der Waals surface area contributed by atoms with Crippen molar-refractivity contribution < 1.29 is 9.84 Å². The summed E-state index contributed by atoms with van der Waals surface area (Å²) in [5.74, 6) is 1.42. The summed E-state index contributed by atoms with van der Waals surface area (Å²) in [6, 6.07) is 8.32. The summed E-state index contributed by atoms with van der Waals surface area (Å²) in [5, 5.41) is 12.0. The maximum absolute atomic E-state index is 11.1. The molecule has 4 rings (SSSR count). The SMILES string of the molecule is C=C[C@@H]1[C@H]2CCN1[C@@H]([C@@H](O)c1ccnc3ccc(OC)cc13)C2. The minimum Gasteiger partial charge on any atom is -0.497 e. The van der Waals surface area contributed by atoms with Gasteiger partial charge in [-0.15, -0.1) is 6.58 Å². The number of ether oxygens (including phenoxy) is 1. The molecule has 1 N–H and O–H groups in total. The average Bonchev–Trinajstić information content (AvgIpc) is 3.17. The van der Waals surface area contributed by atoms with Crippen LogP contribution >= 0.6 is 0 Å². The highest BCUT2D eigenvalue weighted by molar-refractivity contribution is 5.84. The zero-order valence-corrected chi connectivity index (χ0v) is 13.4. The molecule has 0 aliphatic carbocycles. The Hall–Kier alpha value is -1.91. The molecular weight excluding hydrogens is 288 g/mol. The van der Waals surface area contributed by atoms with E-state index in [2.05, 4.69) is 16.5 Å². The van der Waals surface area contributed by atoms with Gasteiger partial charge >= 0.3 is 0 Å². The molecule has 5 atom stereocenters. The monoisotopic (exact) mass is 310 g/mol. The number of methoxy groups -OCH3 is 1. The second-order valence-electron chi connectivity index (χ2n) is 6.54. The molecule has 2 aliphatic heterocycles. The van der Waals surface area contributed by atoms with Crippen LogP contribution in [0.4, 0.5) is 0 Å². The zero-order valence-electron chi connectivity index (χ0n) is 13.4. The molecule has 2 aliphatic rings. The Labute approximate surface area is 136 Å². The number of fused-ring (bicyclic) bond motifs is 3. The fourth-order valence-electron chi connectivity index (χ4n) is 4.37. The van der Waals surface area contributed by atoms with E-state index in [4.69, 9.17) is 4.74 Å². The first kappa shape index (κ1) is 14.7. The quantitative estimate of drug-likeness (QED) is 0.882. The van der Waals surface area contributed by atoms with Crippen LogP contribution in [0.15, 0.2) is 43.1 Å². The number of benzene rings is 1. The first-order valence-corrected chi connectivity index (χ1v) is 8.22. The number of rotatable bonds is 4. The summed E-state index contributed by atoms with van der Waals surface area (Å²) in [6.07, 6.45) is 5.55. The Balaban J connectivity index is 1.73. The second-order valence-corrected chi connectivity index (χ2v) is 6.54. The fraction of sp³-hybridized carbons (Fsp3) is 0.421. The molecule has 4 nitrogen and oxygen atoms in total. The molecule has 2 bridgehead atoms. The molecule has 2 saturated heterocycles. The molecular formula is C19H22N2O2. The van der Waals surface area contributed by atoms with Gasteiger partial charge in [0, 0.05) is 23.7 Å². The van der Waals surface area contributed by atoms with Crippen LogP contribution < -0.4 is 4.74 Å². The zero-order chi connectivity index (χ0) is 16.0. The van der Waals surface area contributed by atoms with Gasteiger partial charge in [0.25, 0.3) is 0 Å². The van der Waals surface area contributed by atoms with Crippen LogP contribution in [0, 0.1) is 5.92 Å². The van der Waals surface area contributed by atoms with Crippen molar-refractivity contribution in [2.75, 3.05) is 13.7 Å². The fourth-order valence-corrected chi connectivity index (χ4v) is 4.37. The van der Waals surface area contributed by atoms with Gasteiger partial charge in [-0.1, -0.05) is 6.08 Å². The summed E-state index contributed by atoms with van der Waals surface area (Å²) in [4.78, 5) is 6.82. The highest BCUT2D eigenvalue weighted by Crippen LogP contribution is 2.44. The Kier molecular flexibility index (Phi) is 3.58. The van der Waals surface area contributed by atoms with E-state index < -0.39 is 6.10 Å². The molecule has 0 radical (unpaired) electrons. The van der Waals surface area contributed by atoms with Gasteiger partial charge in [-0.05, 0) is 55.1 Å². The predicted octanol–water partition coefficient (Wildman–Crippen LogP) is 2.93. The first-order chi connectivity index (χ1) is 11.2. The lowest BCUT2D eigenvalue weighted by atomic mass is 9.90. The van der Waals surface area contributed by atoms with E-state index in [0.717, 1.165) is 35.2 Å². The molecule has 0 saturated carbocycles. The summed E-state index contributed by atoms with van der Waals surface area (Å²) >= 11 is 0. The van der Waals surface area contributed by atoms with E-state index in [1.54, 1.807) is 13.3 Å². The molecule has 1 aromatic heterocycles. The maximum Gasteiger partial charge on any atom is 0.119 e. The van der Waals surface area contributed by atoms with Crippen LogP contribution in [-0.2, 0) is 0 Å². The van der Waals surface area contributed by atoms with Crippen molar-refractivity contribution in [3.05, 3.63) is 48.7 Å². The number of hydrogen-bond donors (Lipinski definition) is 1. The van der Waals surface area contributed by atoms with Crippen molar-refractivity contribution in [1.82, 2.24) is 9.88 Å². The van der Waals surface area contributed by atoms with E-state index in [-0.39, 0.29) is 6.04 Å². The van der Waals surface area contributed by atoms with Crippen molar-refractivity contribution in [1.29, 1.82) is 0 Å². The normalized spacial score (nSPS) is 30.5. The Morgan fingerprint density at radius 1 is 1.43 bits per heavy atom. The van der Waals surface area contributed by atoms with Crippen molar-refractivity contribution in [3.63, 3.8) is 0 Å². The van der Waals surface area contributed by atoms with Gasteiger partial charge in [0.1, 0.15) is 5.75 Å². The number of aliphatic hydroxyl groups excluding tert-OH is 1. The molecule has 0 spiro atoms. The number of aromatic nitrogens is 1. The smallest absolute Gasteiger partial charge is 0.119 e. The van der Waals surface area contributed by atoms with Gasteiger partial charge in [-0.3, -0.25) is 9.88 Å². The molecule has 4 heteroatoms. The first-order valence-electron chi connectivity index (χ1n) is 8.22. The van der Waals surface area contributed by atoms with Gasteiger partial charge in [0.2, 0.25) is 0 Å². The Bertz CT molecular complexity index is 745. The number of aliphatic hydroxyl groups is 1. The average molecular weight is 310 g/mol. The summed E-state index contributed by atoms with van der Waals surface area (Å²) in [6.45, 7) is 5.02. The van der Waals surface area contributed by atoms with Crippen molar-refractivity contribution >= 4 is 10.9 Å². The highest BCUT2D eigenvalue weighted by Gasteiger charge is 2.47. The molecule has 3 heterocycles. The van der Waals surface area contributed by atoms with E-state index in [0.29, 0.717) is 12.0 Å². The summed E-state index contributed by atoms with van der Waals surface area (Å²) < 4.78 is 5.33. The van der Waals surface area contributed by atoms with Gasteiger partial charge in [0.05, 0.1) is 18.7 Å². The molecule has 1 unspecified atom stereocenters. The third-order valence-electron chi connectivity index (χ3n) is 5.50. The Morgan fingerprint density at radius 2 is 2.30 bits per heavy atom. The summed E-state index contributed by atoms with van der Waals surface area (Å²) in [5.41, 5.74) is 1.83. The number of hydrogen-bond acceptors (Lipinski definition) is 4. The largest absolute Gasteiger partial charge is 0.497 e. The number of pyridine rings is 1. The predicted molar refractivity (Wildman–Crippen MR) is 90.5 cm³/mol. The van der Waals surface area contributed by atoms with Crippen LogP contribution in [0.2, 0.25) is 0 Å². The minimum absolute atomic E-state index is 0.161. The molecule has 1 aromatic carbocycles. The van der Waals surface area contributed by atoms with E-state index >= 15 is 0 Å². The lowest BCUT2D eigenvalue weighted by Crippen LogP contribution is -2.37. The van der Waals surface area contributed by atoms with E-state index in [1.165, 1.54) is 6.42 Å². The molecule has 23 heavy (non-hydrogen) atoms. The molecule has 2 aromatic rings. The molecule has 2 fully saturated rings. The van der Waals surface area contributed by atoms with E-state index in [1.807, 2.05) is 30.3 Å². The summed E-state index contributed by atoms with van der Waals surface area (Å²) in [7, 11) is 1.66. The Morgan fingerprint density at radius 3 is 3.04 bits per heavy atom. The number of nitrogens with zero attached hydrogens (tertiary/aromatic N) is 2. The van der Waals surface area contributed by atoms with Gasteiger partial charge in [0.15, 0.2) is 0 Å². The van der Waals surface area contributed by atoms with Crippen molar-refractivity contribution in [2.45, 2.75) is 31.0 Å². The van der Waals surface area contributed by atoms with Gasteiger partial charge < -0.3 is 9.84 Å². The third-order valence-corrected chi connectivity index (χ3v) is 5.50. The molecule has 120 valence electrons. The third kappa shape index (κ3) is 2.25. The van der Waals surface area contributed by atoms with Crippen molar-refractivity contribution in [2.24, 2.45) is 5.92 Å². The van der Waals surface area contributed by atoms with Crippen molar-refractivity contribution in [3.8, 4) is 5.75 Å². The van der Waals surface area contributed by atoms with Gasteiger partial charge in [-0.25, -0.2) is 0 Å². The van der Waals surface area contributed by atoms with E-state index in [9.17, 15) is 5.11 Å². The number of piperidine rings is 1. The topological polar surface area (TPSA) is 45.6 Å². The van der Waals surface area contributed by atoms with Crippen LogP contribution in [0.5, 0.6) is 5.75 Å². The van der Waals surface area contributed by atoms with Gasteiger partial charge in [-0.2, -0.15) is 0 Å². The molecule has 0 amide bonds. The van der Waals surface area contributed by atoms with Crippen LogP contribution in [0.25, 0.3) is 10.9 Å². The highest BCUT2D eigenvalue weighted by atomic mass is 16.5. The standard InChI is InChI=1S/C19H22N2O2/c1-3-17-12-7-9-21(17)18(10-12)19(22)14-6-8-20-16-5-4-13(23-2)11-15(14)16/h3-6,8,11-12,17-19,22H,1,7,9-10H2,2H3/t12-,17+,18+,19-/m0/s1. The van der Waals surface area contributed by atoms with Crippen LogP contribution in [0.3, 0.4) is 0 Å². The second kappa shape index (κ2) is 5.62. The minimum atomic E-state index is -0.514. The lowest BCUT2D eigenvalue weighted by molar-refractivity contribution is 0.0645. The van der Waals surface area contributed by atoms with Crippen LogP contribution in [-0.4, -0.2) is 40.7 Å². The van der Waals surface area contributed by atoms with Crippen LogP contribution in [0.1, 0.15) is 24.5 Å². The lowest BCUT2D eigenvalue weighted by Gasteiger charge is -2.31.